The van der Waals surface area contributed by atoms with Crippen molar-refractivity contribution in [2.45, 2.75) is 40.2 Å². The highest BCUT2D eigenvalue weighted by Gasteiger charge is 2.12. The highest BCUT2D eigenvalue weighted by atomic mass is 16.5. The van der Waals surface area contributed by atoms with Crippen LogP contribution >= 0.6 is 0 Å². The van der Waals surface area contributed by atoms with E-state index in [4.69, 9.17) is 9.72 Å². The molecule has 0 spiro atoms. The normalized spacial score (nSPS) is 11.0. The van der Waals surface area contributed by atoms with E-state index in [9.17, 15) is 4.79 Å². The second-order valence-corrected chi connectivity index (χ2v) is 8.44. The van der Waals surface area contributed by atoms with Crippen molar-refractivity contribution in [3.63, 3.8) is 0 Å². The molecule has 0 radical (unpaired) electrons. The molecular formula is C28H31N3O2. The number of amides is 1. The molecular weight excluding hydrogens is 410 g/mol. The Morgan fingerprint density at radius 3 is 2.39 bits per heavy atom. The van der Waals surface area contributed by atoms with Crippen LogP contribution < -0.4 is 10.1 Å². The predicted octanol–water partition coefficient (Wildman–Crippen LogP) is 4.94. The zero-order chi connectivity index (χ0) is 23.2. The lowest BCUT2D eigenvalue weighted by atomic mass is 10.1. The third kappa shape index (κ3) is 5.43. The Morgan fingerprint density at radius 2 is 1.61 bits per heavy atom. The van der Waals surface area contributed by atoms with Gasteiger partial charge in [-0.1, -0.05) is 54.6 Å². The first-order chi connectivity index (χ1) is 16.0. The first-order valence-corrected chi connectivity index (χ1v) is 11.5. The van der Waals surface area contributed by atoms with Crippen LogP contribution in [0.2, 0.25) is 0 Å². The number of aryl methyl sites for hydroxylation is 3. The Balaban J connectivity index is 1.40. The van der Waals surface area contributed by atoms with Crippen molar-refractivity contribution in [2.75, 3.05) is 13.2 Å². The van der Waals surface area contributed by atoms with Gasteiger partial charge in [-0.05, 0) is 55.2 Å². The number of para-hydroxylation sites is 3. The number of nitrogens with zero attached hydrogens (tertiary/aromatic N) is 2. The minimum Gasteiger partial charge on any atom is -0.491 e. The van der Waals surface area contributed by atoms with Crippen LogP contribution in [0.3, 0.4) is 0 Å². The molecule has 0 fully saturated rings. The predicted molar refractivity (Wildman–Crippen MR) is 133 cm³/mol. The molecule has 0 unspecified atom stereocenters. The second-order valence-electron chi connectivity index (χ2n) is 8.44. The number of imidazole rings is 1. The van der Waals surface area contributed by atoms with E-state index in [0.717, 1.165) is 44.9 Å². The molecule has 0 saturated heterocycles. The van der Waals surface area contributed by atoms with Crippen molar-refractivity contribution in [1.82, 2.24) is 14.9 Å². The van der Waals surface area contributed by atoms with Gasteiger partial charge in [-0.2, -0.15) is 0 Å². The Morgan fingerprint density at radius 1 is 0.909 bits per heavy atom. The van der Waals surface area contributed by atoms with Crippen molar-refractivity contribution < 1.29 is 9.53 Å². The fourth-order valence-corrected chi connectivity index (χ4v) is 4.19. The summed E-state index contributed by atoms with van der Waals surface area (Å²) in [6.07, 6.45) is 1.06. The van der Waals surface area contributed by atoms with E-state index in [1.54, 1.807) is 0 Å². The molecule has 1 amide bonds. The van der Waals surface area contributed by atoms with Crippen LogP contribution in [-0.4, -0.2) is 28.6 Å². The number of ether oxygens (including phenoxy) is 1. The fourth-order valence-electron chi connectivity index (χ4n) is 4.19. The summed E-state index contributed by atoms with van der Waals surface area (Å²) in [6.45, 7) is 7.97. The van der Waals surface area contributed by atoms with Crippen LogP contribution in [-0.2, 0) is 24.2 Å². The van der Waals surface area contributed by atoms with Crippen LogP contribution in [0.25, 0.3) is 11.0 Å². The van der Waals surface area contributed by atoms with Crippen molar-refractivity contribution in [3.05, 3.63) is 94.8 Å². The zero-order valence-electron chi connectivity index (χ0n) is 19.6. The number of carbonyl (C=O) groups is 1. The van der Waals surface area contributed by atoms with Gasteiger partial charge in [0.05, 0.1) is 24.0 Å². The smallest absolute Gasteiger partial charge is 0.224 e. The van der Waals surface area contributed by atoms with Crippen LogP contribution in [0.1, 0.15) is 28.1 Å². The molecule has 4 aromatic rings. The summed E-state index contributed by atoms with van der Waals surface area (Å²) in [5.41, 5.74) is 6.53. The topological polar surface area (TPSA) is 56.2 Å². The Kier molecular flexibility index (Phi) is 7.08. The van der Waals surface area contributed by atoms with Crippen LogP contribution in [0.4, 0.5) is 0 Å². The lowest BCUT2D eigenvalue weighted by Gasteiger charge is -2.14. The first kappa shape index (κ1) is 22.6. The van der Waals surface area contributed by atoms with E-state index in [0.29, 0.717) is 32.5 Å². The van der Waals surface area contributed by atoms with E-state index in [1.165, 1.54) is 0 Å². The summed E-state index contributed by atoms with van der Waals surface area (Å²) in [5.74, 6) is 1.94. The van der Waals surface area contributed by atoms with Gasteiger partial charge in [0.25, 0.3) is 0 Å². The maximum Gasteiger partial charge on any atom is 0.224 e. The number of benzene rings is 3. The van der Waals surface area contributed by atoms with Crippen LogP contribution in [0, 0.1) is 20.8 Å². The molecule has 1 heterocycles. The maximum atomic E-state index is 12.4. The lowest BCUT2D eigenvalue weighted by Crippen LogP contribution is -2.28. The molecule has 0 saturated carbocycles. The van der Waals surface area contributed by atoms with Gasteiger partial charge in [0, 0.05) is 13.0 Å². The van der Waals surface area contributed by atoms with Gasteiger partial charge >= 0.3 is 0 Å². The lowest BCUT2D eigenvalue weighted by molar-refractivity contribution is -0.120. The van der Waals surface area contributed by atoms with Crippen LogP contribution in [0.15, 0.2) is 66.7 Å². The van der Waals surface area contributed by atoms with Crippen molar-refractivity contribution in [1.29, 1.82) is 0 Å². The summed E-state index contributed by atoms with van der Waals surface area (Å²) in [5, 5.41) is 3.05. The first-order valence-electron chi connectivity index (χ1n) is 11.5. The average Bonchev–Trinajstić information content (AvgIpc) is 3.15. The molecule has 1 N–H and O–H groups in total. The monoisotopic (exact) mass is 441 g/mol. The minimum absolute atomic E-state index is 0.0327. The SMILES string of the molecule is Cc1ccccc1CC(=O)NCCc1nc2ccccc2n1CCOc1c(C)cccc1C. The Labute approximate surface area is 195 Å². The molecule has 1 aromatic heterocycles. The highest BCUT2D eigenvalue weighted by Crippen LogP contribution is 2.23. The van der Waals surface area contributed by atoms with Gasteiger partial charge in [0.1, 0.15) is 18.2 Å². The van der Waals surface area contributed by atoms with Crippen molar-refractivity contribution >= 4 is 16.9 Å². The zero-order valence-corrected chi connectivity index (χ0v) is 19.6. The summed E-state index contributed by atoms with van der Waals surface area (Å²) < 4.78 is 8.35. The molecule has 33 heavy (non-hydrogen) atoms. The summed E-state index contributed by atoms with van der Waals surface area (Å²) in [4.78, 5) is 17.3. The van der Waals surface area contributed by atoms with E-state index >= 15 is 0 Å². The van der Waals surface area contributed by atoms with Gasteiger partial charge in [0.15, 0.2) is 0 Å². The molecule has 4 rings (SSSR count). The number of fused-ring (bicyclic) bond motifs is 1. The van der Waals surface area contributed by atoms with Crippen molar-refractivity contribution in [2.24, 2.45) is 0 Å². The van der Waals surface area contributed by atoms with Gasteiger partial charge < -0.3 is 14.6 Å². The molecule has 5 heteroatoms. The molecule has 170 valence electrons. The molecule has 5 nitrogen and oxygen atoms in total. The van der Waals surface area contributed by atoms with Crippen molar-refractivity contribution in [3.8, 4) is 5.75 Å². The standard InChI is InChI=1S/C28H31N3O2/c1-20-9-4-5-12-23(20)19-27(32)29-16-15-26-30-24-13-6-7-14-25(24)31(26)17-18-33-28-21(2)10-8-11-22(28)3/h4-14H,15-19H2,1-3H3,(H,29,32). The third-order valence-corrected chi connectivity index (χ3v) is 5.99. The largest absolute Gasteiger partial charge is 0.491 e. The summed E-state index contributed by atoms with van der Waals surface area (Å²) >= 11 is 0. The summed E-state index contributed by atoms with van der Waals surface area (Å²) in [7, 11) is 0. The van der Waals surface area contributed by atoms with E-state index in [1.807, 2.05) is 55.5 Å². The maximum absolute atomic E-state index is 12.4. The quantitative estimate of drug-likeness (QED) is 0.400. The molecule has 0 bridgehead atoms. The number of carbonyl (C=O) groups excluding carboxylic acids is 1. The Hall–Kier alpha value is -3.60. The Bertz CT molecular complexity index is 1240. The van der Waals surface area contributed by atoms with E-state index < -0.39 is 0 Å². The van der Waals surface area contributed by atoms with E-state index in [2.05, 4.69) is 41.9 Å². The second kappa shape index (κ2) is 10.3. The minimum atomic E-state index is 0.0327. The average molecular weight is 442 g/mol. The number of aromatic nitrogens is 2. The highest BCUT2D eigenvalue weighted by molar-refractivity contribution is 5.79. The number of rotatable bonds is 9. The molecule has 0 atom stereocenters. The number of hydrogen-bond acceptors (Lipinski definition) is 3. The van der Waals surface area contributed by atoms with Gasteiger partial charge in [-0.25, -0.2) is 4.98 Å². The van der Waals surface area contributed by atoms with Gasteiger partial charge in [-0.3, -0.25) is 4.79 Å². The van der Waals surface area contributed by atoms with E-state index in [-0.39, 0.29) is 5.91 Å². The fraction of sp³-hybridized carbons (Fsp3) is 0.286. The number of hydrogen-bond donors (Lipinski definition) is 1. The summed E-state index contributed by atoms with van der Waals surface area (Å²) in [6, 6.07) is 22.3. The van der Waals surface area contributed by atoms with Crippen LogP contribution in [0.5, 0.6) is 5.75 Å². The molecule has 0 aliphatic carbocycles. The molecule has 0 aliphatic rings. The number of nitrogens with one attached hydrogen (secondary N) is 1. The molecule has 0 aliphatic heterocycles. The third-order valence-electron chi connectivity index (χ3n) is 5.99. The molecule has 3 aromatic carbocycles. The van der Waals surface area contributed by atoms with Gasteiger partial charge in [-0.15, -0.1) is 0 Å². The van der Waals surface area contributed by atoms with Gasteiger partial charge in [0.2, 0.25) is 5.91 Å².